The van der Waals surface area contributed by atoms with Crippen molar-refractivity contribution in [2.45, 2.75) is 6.42 Å². The molecular weight excluding hydrogens is 252 g/mol. The van der Waals surface area contributed by atoms with Crippen molar-refractivity contribution in [3.8, 4) is 0 Å². The summed E-state index contributed by atoms with van der Waals surface area (Å²) in [5.74, 6) is 4.02. The average molecular weight is 268 g/mol. The van der Waals surface area contributed by atoms with Gasteiger partial charge >= 0.3 is 0 Å². The number of hydrogen-bond donors (Lipinski definition) is 1. The fraction of sp³-hybridized carbons (Fsp3) is 0.417. The van der Waals surface area contributed by atoms with Gasteiger partial charge in [-0.25, -0.2) is 0 Å². The van der Waals surface area contributed by atoms with E-state index >= 15 is 0 Å². The summed E-state index contributed by atoms with van der Waals surface area (Å²) < 4.78 is 0. The molecule has 1 heterocycles. The van der Waals surface area contributed by atoms with E-state index in [9.17, 15) is 4.79 Å². The van der Waals surface area contributed by atoms with Crippen LogP contribution in [-0.2, 0) is 0 Å². The lowest BCUT2D eigenvalue weighted by Gasteiger charge is -2.26. The average Bonchev–Trinajstić information content (AvgIpc) is 2.28. The van der Waals surface area contributed by atoms with E-state index in [0.29, 0.717) is 5.56 Å². The summed E-state index contributed by atoms with van der Waals surface area (Å²) in [6, 6.07) is 7.57. The topological polar surface area (TPSA) is 46.3 Å². The van der Waals surface area contributed by atoms with Crippen LogP contribution in [0.2, 0.25) is 0 Å². The zero-order chi connectivity index (χ0) is 12.1. The van der Waals surface area contributed by atoms with Crippen LogP contribution in [0.1, 0.15) is 16.8 Å². The Hall–Kier alpha value is -0.810. The maximum absolute atomic E-state index is 11.2. The van der Waals surface area contributed by atoms with E-state index in [1.54, 1.807) is 6.07 Å². The van der Waals surface area contributed by atoms with E-state index < -0.39 is 0 Å². The number of nitrogens with zero attached hydrogens (tertiary/aromatic N) is 1. The lowest BCUT2D eigenvalue weighted by atomic mass is 10.2. The van der Waals surface area contributed by atoms with Gasteiger partial charge in [0.25, 0.3) is 0 Å². The zero-order valence-electron chi connectivity index (χ0n) is 9.59. The van der Waals surface area contributed by atoms with Crippen LogP contribution in [-0.4, -0.2) is 29.2 Å². The number of benzene rings is 1. The molecule has 0 spiro atoms. The Labute approximate surface area is 110 Å². The second-order valence-electron chi connectivity index (χ2n) is 3.88. The molecule has 1 amide bonds. The smallest absolute Gasteiger partial charge is 0.248 e. The summed E-state index contributed by atoms with van der Waals surface area (Å²) in [7, 11) is 0. The molecule has 0 atom stereocenters. The van der Waals surface area contributed by atoms with Gasteiger partial charge in [0.2, 0.25) is 5.91 Å². The number of anilines is 1. The molecule has 1 fully saturated rings. The standard InChI is InChI=1S/C12H16N2OS2/c13-12(15)10-3-1-4-11(7-10)14-8-16-5-2-6-17-9-14/h1,3-4,7H,2,5-6,8-9H2,(H2,13,15). The van der Waals surface area contributed by atoms with Crippen LogP contribution < -0.4 is 10.6 Å². The SMILES string of the molecule is NC(=O)c1cccc(N2CSCCCSC2)c1. The van der Waals surface area contributed by atoms with Crippen molar-refractivity contribution in [2.24, 2.45) is 5.73 Å². The van der Waals surface area contributed by atoms with Crippen LogP contribution in [0, 0.1) is 0 Å². The van der Waals surface area contributed by atoms with Gasteiger partial charge in [-0.15, -0.1) is 23.5 Å². The molecule has 0 saturated carbocycles. The minimum Gasteiger partial charge on any atom is -0.366 e. The highest BCUT2D eigenvalue weighted by Gasteiger charge is 2.10. The lowest BCUT2D eigenvalue weighted by molar-refractivity contribution is 0.100. The number of carbonyl (C=O) groups is 1. The summed E-state index contributed by atoms with van der Waals surface area (Å²) in [5, 5.41) is 0. The highest BCUT2D eigenvalue weighted by molar-refractivity contribution is 8.00. The van der Waals surface area contributed by atoms with Gasteiger partial charge in [-0.1, -0.05) is 6.07 Å². The van der Waals surface area contributed by atoms with Crippen LogP contribution >= 0.6 is 23.5 Å². The molecule has 1 saturated heterocycles. The van der Waals surface area contributed by atoms with Crippen LogP contribution in [0.5, 0.6) is 0 Å². The first kappa shape index (κ1) is 12.6. The van der Waals surface area contributed by atoms with Crippen molar-refractivity contribution < 1.29 is 4.79 Å². The van der Waals surface area contributed by atoms with Crippen molar-refractivity contribution >= 4 is 35.1 Å². The number of hydrogen-bond acceptors (Lipinski definition) is 4. The van der Waals surface area contributed by atoms with Crippen LogP contribution in [0.15, 0.2) is 24.3 Å². The molecule has 0 aromatic heterocycles. The number of amides is 1. The largest absolute Gasteiger partial charge is 0.366 e. The molecule has 0 aliphatic carbocycles. The van der Waals surface area contributed by atoms with Crippen molar-refractivity contribution in [2.75, 3.05) is 28.2 Å². The predicted molar refractivity (Wildman–Crippen MR) is 76.7 cm³/mol. The van der Waals surface area contributed by atoms with Crippen molar-refractivity contribution in [1.82, 2.24) is 0 Å². The fourth-order valence-electron chi connectivity index (χ4n) is 1.65. The third-order valence-electron chi connectivity index (χ3n) is 2.57. The second kappa shape index (κ2) is 6.21. The molecule has 92 valence electrons. The molecule has 17 heavy (non-hydrogen) atoms. The monoisotopic (exact) mass is 268 g/mol. The van der Waals surface area contributed by atoms with Crippen LogP contribution in [0.4, 0.5) is 5.69 Å². The first-order valence-electron chi connectivity index (χ1n) is 5.57. The molecule has 2 rings (SSSR count). The van der Waals surface area contributed by atoms with Crippen LogP contribution in [0.3, 0.4) is 0 Å². The molecule has 3 nitrogen and oxygen atoms in total. The number of carbonyl (C=O) groups excluding carboxylic acids is 1. The molecule has 0 radical (unpaired) electrons. The van der Waals surface area contributed by atoms with Gasteiger partial charge in [-0.3, -0.25) is 4.79 Å². The molecule has 5 heteroatoms. The molecule has 0 unspecified atom stereocenters. The predicted octanol–water partition coefficient (Wildman–Crippen LogP) is 2.38. The lowest BCUT2D eigenvalue weighted by Crippen LogP contribution is -2.24. The Morgan fingerprint density at radius 1 is 1.24 bits per heavy atom. The summed E-state index contributed by atoms with van der Waals surface area (Å²) in [6.45, 7) is 0. The summed E-state index contributed by atoms with van der Waals surface area (Å²) in [6.07, 6.45) is 1.28. The van der Waals surface area contributed by atoms with Crippen LogP contribution in [0.25, 0.3) is 0 Å². The number of primary amides is 1. The van der Waals surface area contributed by atoms with E-state index in [0.717, 1.165) is 17.4 Å². The van der Waals surface area contributed by atoms with Gasteiger partial charge in [-0.2, -0.15) is 0 Å². The molecule has 0 bridgehead atoms. The Morgan fingerprint density at radius 2 is 1.94 bits per heavy atom. The van der Waals surface area contributed by atoms with E-state index in [4.69, 9.17) is 5.73 Å². The normalized spacial score (nSPS) is 17.3. The Kier molecular flexibility index (Phi) is 4.62. The van der Waals surface area contributed by atoms with E-state index in [1.165, 1.54) is 17.9 Å². The van der Waals surface area contributed by atoms with E-state index in [1.807, 2.05) is 41.7 Å². The minimum absolute atomic E-state index is 0.362. The fourth-order valence-corrected chi connectivity index (χ4v) is 3.83. The molecule has 1 aromatic carbocycles. The minimum atomic E-state index is -0.362. The van der Waals surface area contributed by atoms with Gasteiger partial charge in [-0.05, 0) is 36.1 Å². The van der Waals surface area contributed by atoms with Gasteiger partial charge in [0.05, 0.1) is 11.8 Å². The number of thioether (sulfide) groups is 2. The second-order valence-corrected chi connectivity index (χ2v) is 6.03. The summed E-state index contributed by atoms with van der Waals surface area (Å²) in [5.41, 5.74) is 6.97. The van der Waals surface area contributed by atoms with E-state index in [-0.39, 0.29) is 5.91 Å². The molecular formula is C12H16N2OS2. The summed E-state index contributed by atoms with van der Waals surface area (Å²) >= 11 is 3.89. The Morgan fingerprint density at radius 3 is 2.59 bits per heavy atom. The Balaban J connectivity index is 2.13. The van der Waals surface area contributed by atoms with Gasteiger partial charge in [0, 0.05) is 11.3 Å². The molecule has 1 aliphatic rings. The van der Waals surface area contributed by atoms with Crippen molar-refractivity contribution in [3.05, 3.63) is 29.8 Å². The van der Waals surface area contributed by atoms with Gasteiger partial charge < -0.3 is 10.6 Å². The van der Waals surface area contributed by atoms with Crippen molar-refractivity contribution in [1.29, 1.82) is 0 Å². The summed E-state index contributed by atoms with van der Waals surface area (Å²) in [4.78, 5) is 13.4. The third-order valence-corrected chi connectivity index (χ3v) is 4.71. The van der Waals surface area contributed by atoms with Gasteiger partial charge in [0.15, 0.2) is 0 Å². The highest BCUT2D eigenvalue weighted by Crippen LogP contribution is 2.24. The quantitative estimate of drug-likeness (QED) is 0.894. The molecule has 1 aliphatic heterocycles. The Bertz CT molecular complexity index is 390. The molecule has 1 aromatic rings. The highest BCUT2D eigenvalue weighted by atomic mass is 32.2. The molecule has 2 N–H and O–H groups in total. The number of nitrogens with two attached hydrogens (primary N) is 1. The first-order valence-corrected chi connectivity index (χ1v) is 7.88. The van der Waals surface area contributed by atoms with Gasteiger partial charge in [0.1, 0.15) is 0 Å². The third kappa shape index (κ3) is 3.57. The maximum atomic E-state index is 11.2. The maximum Gasteiger partial charge on any atom is 0.248 e. The zero-order valence-corrected chi connectivity index (χ0v) is 11.2. The van der Waals surface area contributed by atoms with E-state index in [2.05, 4.69) is 4.90 Å². The first-order chi connectivity index (χ1) is 8.27. The van der Waals surface area contributed by atoms with Crippen molar-refractivity contribution in [3.63, 3.8) is 0 Å². The number of rotatable bonds is 2.